The van der Waals surface area contributed by atoms with E-state index in [1.807, 2.05) is 0 Å². The van der Waals surface area contributed by atoms with Crippen molar-refractivity contribution in [3.05, 3.63) is 21.6 Å². The molecular formula is C21H41Cl2HfSi2. The molecule has 151 valence electrons. The summed E-state index contributed by atoms with van der Waals surface area (Å²) in [6.45, 7) is 9.57. The molecule has 3 rings (SSSR count). The Hall–Kier alpha value is 1.36. The van der Waals surface area contributed by atoms with Crippen LogP contribution in [0.4, 0.5) is 0 Å². The summed E-state index contributed by atoms with van der Waals surface area (Å²) >= 11 is 1.25. The van der Waals surface area contributed by atoms with Gasteiger partial charge in [0.2, 0.25) is 0 Å². The third kappa shape index (κ3) is 14.4. The number of hydrogen-bond acceptors (Lipinski definition) is 0. The SMILES string of the molecule is CC(C)C1CCCC[SiH2]1.CC(C)C1CCCC[SiH2]1.[Cl-].[Cl-].[Hf+2][C]1=CC=CC1. The Morgan fingerprint density at radius 3 is 1.46 bits per heavy atom. The molecule has 0 saturated carbocycles. The summed E-state index contributed by atoms with van der Waals surface area (Å²) in [5.74, 6) is 1.99. The van der Waals surface area contributed by atoms with Gasteiger partial charge in [-0.1, -0.05) is 78.3 Å². The average Bonchev–Trinajstić information content (AvgIpc) is 3.08. The normalized spacial score (nSPS) is 26.2. The Kier molecular flexibility index (Phi) is 20.9. The van der Waals surface area contributed by atoms with Gasteiger partial charge >= 0.3 is 52.4 Å². The Morgan fingerprint density at radius 1 is 0.846 bits per heavy atom. The number of halogens is 2. The zero-order chi connectivity index (χ0) is 17.8. The molecule has 0 amide bonds. The summed E-state index contributed by atoms with van der Waals surface area (Å²) in [6.07, 6.45) is 17.0. The molecule has 1 aliphatic carbocycles. The van der Waals surface area contributed by atoms with Gasteiger partial charge in [0.05, 0.1) is 0 Å². The van der Waals surface area contributed by atoms with Crippen LogP contribution in [0, 0.1) is 11.8 Å². The van der Waals surface area contributed by atoms with Gasteiger partial charge in [0.15, 0.2) is 0 Å². The molecule has 0 spiro atoms. The van der Waals surface area contributed by atoms with Gasteiger partial charge in [0.25, 0.3) is 0 Å². The van der Waals surface area contributed by atoms with Crippen LogP contribution in [-0.2, 0) is 24.4 Å². The van der Waals surface area contributed by atoms with Crippen molar-refractivity contribution >= 4 is 19.0 Å². The topological polar surface area (TPSA) is 0 Å². The first kappa shape index (κ1) is 29.6. The van der Waals surface area contributed by atoms with Crippen LogP contribution in [0.25, 0.3) is 0 Å². The molecule has 26 heavy (non-hydrogen) atoms. The van der Waals surface area contributed by atoms with Crippen molar-refractivity contribution in [3.63, 3.8) is 0 Å². The summed E-state index contributed by atoms with van der Waals surface area (Å²) in [6, 6.07) is 3.26. The van der Waals surface area contributed by atoms with E-state index in [1.54, 1.807) is 41.1 Å². The minimum atomic E-state index is 0. The quantitative estimate of drug-likeness (QED) is 0.386. The fourth-order valence-corrected chi connectivity index (χ4v) is 9.64. The molecule has 2 fully saturated rings. The molecule has 2 atom stereocenters. The van der Waals surface area contributed by atoms with Crippen LogP contribution >= 0.6 is 0 Å². The molecule has 0 N–H and O–H groups in total. The fraction of sp³-hybridized carbons (Fsp3) is 0.810. The first-order valence-electron chi connectivity index (χ1n) is 10.6. The van der Waals surface area contributed by atoms with Gasteiger partial charge in [0, 0.05) is 19.0 Å². The second-order valence-electron chi connectivity index (χ2n) is 8.61. The van der Waals surface area contributed by atoms with Gasteiger partial charge in [-0.05, 0) is 22.9 Å². The molecule has 2 saturated heterocycles. The molecule has 0 aromatic carbocycles. The van der Waals surface area contributed by atoms with Crippen molar-refractivity contribution in [2.24, 2.45) is 11.8 Å². The first-order valence-corrected chi connectivity index (χ1v) is 16.0. The number of rotatable bonds is 2. The average molecular weight is 599 g/mol. The van der Waals surface area contributed by atoms with Crippen molar-refractivity contribution in [2.75, 3.05) is 0 Å². The van der Waals surface area contributed by atoms with E-state index in [0.29, 0.717) is 19.0 Å². The van der Waals surface area contributed by atoms with Crippen molar-refractivity contribution in [3.8, 4) is 0 Å². The monoisotopic (exact) mass is 599 g/mol. The van der Waals surface area contributed by atoms with Crippen molar-refractivity contribution in [1.82, 2.24) is 0 Å². The van der Waals surface area contributed by atoms with Crippen LogP contribution in [0.5, 0.6) is 0 Å². The Bertz CT molecular complexity index is 350. The van der Waals surface area contributed by atoms with Crippen molar-refractivity contribution < 1.29 is 49.2 Å². The third-order valence-electron chi connectivity index (χ3n) is 5.96. The van der Waals surface area contributed by atoms with Crippen LogP contribution in [0.15, 0.2) is 21.6 Å². The zero-order valence-electron chi connectivity index (χ0n) is 17.6. The minimum absolute atomic E-state index is 0. The predicted octanol–water partition coefficient (Wildman–Crippen LogP) is -0.211. The molecule has 3 aliphatic rings. The fourth-order valence-electron chi connectivity index (χ4n) is 4.05. The van der Waals surface area contributed by atoms with E-state index in [4.69, 9.17) is 0 Å². The second kappa shape index (κ2) is 18.4. The molecule has 5 heteroatoms. The third-order valence-corrected chi connectivity index (χ3v) is 13.3. The summed E-state index contributed by atoms with van der Waals surface area (Å²) in [4.78, 5) is 0. The van der Waals surface area contributed by atoms with E-state index in [-0.39, 0.29) is 24.8 Å². The van der Waals surface area contributed by atoms with E-state index in [1.165, 1.54) is 54.7 Å². The summed E-state index contributed by atoms with van der Waals surface area (Å²) in [5, 5.41) is 0. The van der Waals surface area contributed by atoms with E-state index >= 15 is 0 Å². The van der Waals surface area contributed by atoms with Crippen LogP contribution in [0.2, 0.25) is 23.2 Å². The van der Waals surface area contributed by atoms with E-state index in [9.17, 15) is 0 Å². The summed E-state index contributed by atoms with van der Waals surface area (Å²) in [7, 11) is 0.750. The molecule has 0 aromatic rings. The Morgan fingerprint density at radius 2 is 1.31 bits per heavy atom. The van der Waals surface area contributed by atoms with Gasteiger partial charge in [-0.25, -0.2) is 0 Å². The standard InChI is InChI=1S/2C8H18Si.C5H5.2ClH.Hf/c2*1-7(2)8-5-3-4-6-9-8;1-2-4-5-3-1;;;/h2*7-8H,3-6,9H2,1-2H3;1-3H,4H2;2*1H;/q;;;;;+2/p-2. The predicted molar refractivity (Wildman–Crippen MR) is 113 cm³/mol. The van der Waals surface area contributed by atoms with Gasteiger partial charge in [-0.2, -0.15) is 0 Å². The second-order valence-corrected chi connectivity index (χ2v) is 15.6. The van der Waals surface area contributed by atoms with Gasteiger partial charge in [0.1, 0.15) is 0 Å². The Balaban J connectivity index is 0. The summed E-state index contributed by atoms with van der Waals surface area (Å²) in [5.41, 5.74) is 2.39. The zero-order valence-corrected chi connectivity index (χ0v) is 25.5. The van der Waals surface area contributed by atoms with Crippen LogP contribution in [0.1, 0.15) is 72.6 Å². The van der Waals surface area contributed by atoms with Gasteiger partial charge in [-0.15, -0.1) is 0 Å². The van der Waals surface area contributed by atoms with Crippen molar-refractivity contribution in [1.29, 1.82) is 0 Å². The Labute approximate surface area is 196 Å². The molecule has 0 radical (unpaired) electrons. The van der Waals surface area contributed by atoms with E-state index in [2.05, 4.69) is 45.9 Å². The first-order chi connectivity index (χ1) is 11.5. The van der Waals surface area contributed by atoms with Crippen LogP contribution in [0.3, 0.4) is 0 Å². The molecule has 2 unspecified atom stereocenters. The maximum atomic E-state index is 2.39. The maximum absolute atomic E-state index is 2.39. The van der Waals surface area contributed by atoms with E-state index in [0.717, 1.165) is 11.8 Å². The molecule has 0 nitrogen and oxygen atoms in total. The van der Waals surface area contributed by atoms with E-state index < -0.39 is 0 Å². The number of hydrogen-bond donors (Lipinski definition) is 0. The van der Waals surface area contributed by atoms with Crippen molar-refractivity contribution in [2.45, 2.75) is 95.8 Å². The number of allylic oxidation sites excluding steroid dienone is 4. The molecule has 0 aromatic heterocycles. The molecular weight excluding hydrogens is 558 g/mol. The molecule has 2 aliphatic heterocycles. The van der Waals surface area contributed by atoms with Crippen LogP contribution < -0.4 is 24.8 Å². The van der Waals surface area contributed by atoms with Gasteiger partial charge < -0.3 is 24.8 Å². The van der Waals surface area contributed by atoms with Crippen LogP contribution in [-0.4, -0.2) is 19.0 Å². The summed E-state index contributed by atoms with van der Waals surface area (Å²) < 4.78 is 1.61. The molecule has 2 heterocycles. The van der Waals surface area contributed by atoms with Gasteiger partial charge in [-0.3, -0.25) is 0 Å². The molecule has 0 bridgehead atoms.